The zero-order valence-corrected chi connectivity index (χ0v) is 11.1. The maximum Gasteiger partial charge on any atom is 0.0113 e. The van der Waals surface area contributed by atoms with Gasteiger partial charge in [0.1, 0.15) is 0 Å². The predicted molar refractivity (Wildman–Crippen MR) is 69.8 cm³/mol. The van der Waals surface area contributed by atoms with Crippen molar-refractivity contribution in [2.45, 2.75) is 64.5 Å². The third kappa shape index (κ3) is 2.98. The summed E-state index contributed by atoms with van der Waals surface area (Å²) in [5, 5.41) is 0. The second kappa shape index (κ2) is 6.02. The van der Waals surface area contributed by atoms with Crippen LogP contribution >= 0.6 is 0 Å². The summed E-state index contributed by atoms with van der Waals surface area (Å²) >= 11 is 0. The summed E-state index contributed by atoms with van der Waals surface area (Å²) in [6.07, 6.45) is 8.63. The van der Waals surface area contributed by atoms with Crippen LogP contribution in [-0.2, 0) is 0 Å². The normalized spacial score (nSPS) is 28.1. The molecule has 2 nitrogen and oxygen atoms in total. The lowest BCUT2D eigenvalue weighted by molar-refractivity contribution is 0.0596. The molecule has 0 bridgehead atoms. The van der Waals surface area contributed by atoms with Gasteiger partial charge >= 0.3 is 0 Å². The van der Waals surface area contributed by atoms with E-state index in [9.17, 15) is 0 Å². The maximum atomic E-state index is 2.76. The Labute approximate surface area is 101 Å². The van der Waals surface area contributed by atoms with E-state index >= 15 is 0 Å². The van der Waals surface area contributed by atoms with E-state index in [-0.39, 0.29) is 0 Å². The molecule has 2 rings (SSSR count). The Hall–Kier alpha value is -0.0800. The van der Waals surface area contributed by atoms with Crippen molar-refractivity contribution in [3.63, 3.8) is 0 Å². The van der Waals surface area contributed by atoms with Gasteiger partial charge in [0, 0.05) is 38.3 Å². The summed E-state index contributed by atoms with van der Waals surface area (Å²) in [4.78, 5) is 5.43. The van der Waals surface area contributed by atoms with Gasteiger partial charge in [-0.1, -0.05) is 26.2 Å². The van der Waals surface area contributed by atoms with Gasteiger partial charge in [-0.15, -0.1) is 0 Å². The van der Waals surface area contributed by atoms with Gasteiger partial charge in [0.05, 0.1) is 0 Å². The first-order valence-corrected chi connectivity index (χ1v) is 7.29. The molecule has 0 aromatic heterocycles. The lowest BCUT2D eigenvalue weighted by atomic mass is 9.93. The molecule has 1 heterocycles. The molecule has 1 aliphatic carbocycles. The van der Waals surface area contributed by atoms with Crippen LogP contribution in [0, 0.1) is 0 Å². The van der Waals surface area contributed by atoms with Gasteiger partial charge in [0.25, 0.3) is 0 Å². The lowest BCUT2D eigenvalue weighted by Gasteiger charge is -2.42. The van der Waals surface area contributed by atoms with Crippen molar-refractivity contribution >= 4 is 0 Å². The summed E-state index contributed by atoms with van der Waals surface area (Å²) in [5.74, 6) is 0. The Kier molecular flexibility index (Phi) is 4.66. The zero-order valence-electron chi connectivity index (χ0n) is 11.1. The van der Waals surface area contributed by atoms with Crippen LogP contribution in [-0.4, -0.2) is 48.1 Å². The minimum absolute atomic E-state index is 0.786. The van der Waals surface area contributed by atoms with E-state index in [0.29, 0.717) is 0 Å². The number of hydrogen-bond acceptors (Lipinski definition) is 2. The van der Waals surface area contributed by atoms with Crippen molar-refractivity contribution in [1.29, 1.82) is 0 Å². The van der Waals surface area contributed by atoms with Crippen LogP contribution in [0.25, 0.3) is 0 Å². The van der Waals surface area contributed by atoms with Crippen LogP contribution in [0.4, 0.5) is 0 Å². The van der Waals surface area contributed by atoms with Crippen LogP contribution in [0.2, 0.25) is 0 Å². The third-order valence-electron chi connectivity index (χ3n) is 4.65. The van der Waals surface area contributed by atoms with Crippen molar-refractivity contribution in [3.8, 4) is 0 Å². The van der Waals surface area contributed by atoms with Crippen LogP contribution < -0.4 is 0 Å². The molecule has 0 aromatic carbocycles. The Morgan fingerprint density at radius 2 is 1.62 bits per heavy atom. The fraction of sp³-hybridized carbons (Fsp3) is 1.00. The Morgan fingerprint density at radius 3 is 2.19 bits per heavy atom. The van der Waals surface area contributed by atoms with E-state index in [0.717, 1.165) is 12.1 Å². The molecule has 0 N–H and O–H groups in total. The molecule has 2 heteroatoms. The first-order chi connectivity index (χ1) is 7.81. The second-order valence-corrected chi connectivity index (χ2v) is 5.62. The van der Waals surface area contributed by atoms with E-state index in [1.54, 1.807) is 0 Å². The van der Waals surface area contributed by atoms with Crippen molar-refractivity contribution in [1.82, 2.24) is 9.80 Å². The molecular formula is C14H28N2. The SMILES string of the molecule is CC[C@@H](C)N1CCN(C2CCCCC2)CC1. The topological polar surface area (TPSA) is 6.48 Å². The zero-order chi connectivity index (χ0) is 11.4. The largest absolute Gasteiger partial charge is 0.298 e. The molecule has 2 aliphatic rings. The molecule has 0 spiro atoms. The van der Waals surface area contributed by atoms with Gasteiger partial charge in [0.2, 0.25) is 0 Å². The summed E-state index contributed by atoms with van der Waals surface area (Å²) in [6.45, 7) is 9.90. The van der Waals surface area contributed by atoms with Gasteiger partial charge in [-0.25, -0.2) is 0 Å². The van der Waals surface area contributed by atoms with Crippen LogP contribution in [0.3, 0.4) is 0 Å². The minimum Gasteiger partial charge on any atom is -0.298 e. The summed E-state index contributed by atoms with van der Waals surface area (Å²) in [6, 6.07) is 1.71. The molecule has 1 atom stereocenters. The van der Waals surface area contributed by atoms with Gasteiger partial charge in [-0.3, -0.25) is 9.80 Å². The average Bonchev–Trinajstić information content (AvgIpc) is 2.39. The molecule has 0 radical (unpaired) electrons. The monoisotopic (exact) mass is 224 g/mol. The number of rotatable bonds is 3. The number of hydrogen-bond donors (Lipinski definition) is 0. The van der Waals surface area contributed by atoms with E-state index in [4.69, 9.17) is 0 Å². The molecule has 1 aliphatic heterocycles. The summed E-state index contributed by atoms with van der Waals surface area (Å²) in [7, 11) is 0. The van der Waals surface area contributed by atoms with Gasteiger partial charge in [0.15, 0.2) is 0 Å². The second-order valence-electron chi connectivity index (χ2n) is 5.62. The highest BCUT2D eigenvalue weighted by Crippen LogP contribution is 2.23. The smallest absolute Gasteiger partial charge is 0.0113 e. The lowest BCUT2D eigenvalue weighted by Crippen LogP contribution is -2.52. The van der Waals surface area contributed by atoms with Crippen LogP contribution in [0.5, 0.6) is 0 Å². The average molecular weight is 224 g/mol. The molecule has 94 valence electrons. The van der Waals surface area contributed by atoms with Crippen molar-refractivity contribution in [2.24, 2.45) is 0 Å². The van der Waals surface area contributed by atoms with Gasteiger partial charge in [-0.2, -0.15) is 0 Å². The molecule has 1 saturated heterocycles. The Balaban J connectivity index is 1.75. The molecule has 1 saturated carbocycles. The fourth-order valence-corrected chi connectivity index (χ4v) is 3.25. The summed E-state index contributed by atoms with van der Waals surface area (Å²) in [5.41, 5.74) is 0. The standard InChI is InChI=1S/C14H28N2/c1-3-13(2)15-9-11-16(12-10-15)14-7-5-4-6-8-14/h13-14H,3-12H2,1-2H3/t13-/m1/s1. The molecule has 0 amide bonds. The first-order valence-electron chi connectivity index (χ1n) is 7.29. The Bertz CT molecular complexity index is 191. The van der Waals surface area contributed by atoms with Crippen molar-refractivity contribution in [2.75, 3.05) is 26.2 Å². The molecule has 0 aromatic rings. The molecular weight excluding hydrogens is 196 g/mol. The van der Waals surface area contributed by atoms with Gasteiger partial charge in [-0.05, 0) is 26.2 Å². The van der Waals surface area contributed by atoms with E-state index in [1.807, 2.05) is 0 Å². The van der Waals surface area contributed by atoms with Gasteiger partial charge < -0.3 is 0 Å². The van der Waals surface area contributed by atoms with Crippen molar-refractivity contribution in [3.05, 3.63) is 0 Å². The summed E-state index contributed by atoms with van der Waals surface area (Å²) < 4.78 is 0. The third-order valence-corrected chi connectivity index (χ3v) is 4.65. The van der Waals surface area contributed by atoms with E-state index in [2.05, 4.69) is 23.6 Å². The maximum absolute atomic E-state index is 2.76. The Morgan fingerprint density at radius 1 is 1.00 bits per heavy atom. The molecule has 16 heavy (non-hydrogen) atoms. The number of nitrogens with zero attached hydrogens (tertiary/aromatic N) is 2. The highest BCUT2D eigenvalue weighted by Gasteiger charge is 2.26. The van der Waals surface area contributed by atoms with E-state index < -0.39 is 0 Å². The first kappa shape index (κ1) is 12.4. The fourth-order valence-electron chi connectivity index (χ4n) is 3.25. The predicted octanol–water partition coefficient (Wildman–Crippen LogP) is 2.74. The van der Waals surface area contributed by atoms with Crippen molar-refractivity contribution < 1.29 is 0 Å². The molecule has 0 unspecified atom stereocenters. The van der Waals surface area contributed by atoms with Crippen LogP contribution in [0.1, 0.15) is 52.4 Å². The number of piperazine rings is 1. The van der Waals surface area contributed by atoms with Crippen LogP contribution in [0.15, 0.2) is 0 Å². The highest BCUT2D eigenvalue weighted by atomic mass is 15.3. The quantitative estimate of drug-likeness (QED) is 0.727. The molecule has 2 fully saturated rings. The highest BCUT2D eigenvalue weighted by molar-refractivity contribution is 4.82. The minimum atomic E-state index is 0.786. The van der Waals surface area contributed by atoms with E-state index in [1.165, 1.54) is 64.7 Å².